The van der Waals surface area contributed by atoms with Gasteiger partial charge in [0.1, 0.15) is 0 Å². The molecule has 0 aliphatic rings. The van der Waals surface area contributed by atoms with Gasteiger partial charge in [-0.2, -0.15) is 0 Å². The molecule has 0 spiro atoms. The molecule has 0 N–H and O–H groups in total. The number of aryl methyl sites for hydroxylation is 1. The second-order valence-corrected chi connectivity index (χ2v) is 5.18. The number of benzene rings is 1. The smallest absolute Gasteiger partial charge is 0.0440 e. The van der Waals surface area contributed by atoms with Crippen LogP contribution in [0.3, 0.4) is 0 Å². The first-order valence-corrected chi connectivity index (χ1v) is 5.02. The van der Waals surface area contributed by atoms with Gasteiger partial charge in [0, 0.05) is 5.02 Å². The molecule has 0 heterocycles. The Morgan fingerprint density at radius 2 is 1.85 bits per heavy atom. The predicted octanol–water partition coefficient (Wildman–Crippen LogP) is 4.24. The summed E-state index contributed by atoms with van der Waals surface area (Å²) in [6.45, 7) is 8.81. The van der Waals surface area contributed by atoms with Gasteiger partial charge in [0.2, 0.25) is 0 Å². The van der Waals surface area contributed by atoms with Crippen molar-refractivity contribution in [1.29, 1.82) is 0 Å². The zero-order valence-corrected chi connectivity index (χ0v) is 9.57. The van der Waals surface area contributed by atoms with E-state index in [0.29, 0.717) is 5.41 Å². The molecule has 1 aromatic carbocycles. The van der Waals surface area contributed by atoms with Gasteiger partial charge >= 0.3 is 0 Å². The Hall–Kier alpha value is -0.490. The standard InChI is InChI=1S/C12H17Cl/c1-9-6-5-7-11(13)10(9)8-12(2,3)4/h5-7H,8H2,1-4H3. The highest BCUT2D eigenvalue weighted by Crippen LogP contribution is 2.27. The first-order chi connectivity index (χ1) is 5.90. The zero-order chi connectivity index (χ0) is 10.1. The molecule has 0 atom stereocenters. The summed E-state index contributed by atoms with van der Waals surface area (Å²) in [6.07, 6.45) is 1.04. The van der Waals surface area contributed by atoms with E-state index in [1.54, 1.807) is 0 Å². The van der Waals surface area contributed by atoms with E-state index < -0.39 is 0 Å². The van der Waals surface area contributed by atoms with E-state index >= 15 is 0 Å². The molecule has 13 heavy (non-hydrogen) atoms. The van der Waals surface area contributed by atoms with Crippen LogP contribution in [0.4, 0.5) is 0 Å². The highest BCUT2D eigenvalue weighted by atomic mass is 35.5. The van der Waals surface area contributed by atoms with E-state index in [-0.39, 0.29) is 0 Å². The lowest BCUT2D eigenvalue weighted by atomic mass is 9.86. The highest BCUT2D eigenvalue weighted by Gasteiger charge is 2.14. The van der Waals surface area contributed by atoms with E-state index in [1.807, 2.05) is 12.1 Å². The summed E-state index contributed by atoms with van der Waals surface area (Å²) in [7, 11) is 0. The minimum absolute atomic E-state index is 0.301. The Balaban J connectivity index is 3.00. The molecule has 0 aliphatic carbocycles. The topological polar surface area (TPSA) is 0 Å². The van der Waals surface area contributed by atoms with Crippen LogP contribution in [0.2, 0.25) is 5.02 Å². The molecule has 0 amide bonds. The molecule has 0 aliphatic heterocycles. The van der Waals surface area contributed by atoms with Gasteiger partial charge in [-0.05, 0) is 36.0 Å². The van der Waals surface area contributed by atoms with Crippen LogP contribution in [0.1, 0.15) is 31.9 Å². The largest absolute Gasteiger partial charge is 0.0840 e. The van der Waals surface area contributed by atoms with Crippen LogP contribution in [0.15, 0.2) is 18.2 Å². The molecule has 0 unspecified atom stereocenters. The Kier molecular flexibility index (Phi) is 3.02. The SMILES string of the molecule is Cc1cccc(Cl)c1CC(C)(C)C. The van der Waals surface area contributed by atoms with Gasteiger partial charge in [-0.25, -0.2) is 0 Å². The van der Waals surface area contributed by atoms with Crippen molar-refractivity contribution in [1.82, 2.24) is 0 Å². The first-order valence-electron chi connectivity index (χ1n) is 4.64. The van der Waals surface area contributed by atoms with Crippen molar-refractivity contribution < 1.29 is 0 Å². The maximum absolute atomic E-state index is 6.14. The monoisotopic (exact) mass is 196 g/mol. The summed E-state index contributed by atoms with van der Waals surface area (Å²) >= 11 is 6.14. The molecule has 0 saturated carbocycles. The lowest BCUT2D eigenvalue weighted by Crippen LogP contribution is -2.10. The third-order valence-electron chi connectivity index (χ3n) is 2.06. The first kappa shape index (κ1) is 10.6. The Labute approximate surface area is 85.9 Å². The summed E-state index contributed by atoms with van der Waals surface area (Å²) in [5, 5.41) is 0.898. The van der Waals surface area contributed by atoms with E-state index in [4.69, 9.17) is 11.6 Å². The van der Waals surface area contributed by atoms with Crippen molar-refractivity contribution in [3.63, 3.8) is 0 Å². The minimum atomic E-state index is 0.301. The number of rotatable bonds is 1. The minimum Gasteiger partial charge on any atom is -0.0840 e. The molecule has 0 saturated heterocycles. The Morgan fingerprint density at radius 1 is 1.23 bits per heavy atom. The summed E-state index contributed by atoms with van der Waals surface area (Å²) < 4.78 is 0. The molecular weight excluding hydrogens is 180 g/mol. The van der Waals surface area contributed by atoms with Crippen LogP contribution in [0.25, 0.3) is 0 Å². The Bertz CT molecular complexity index is 274. The fourth-order valence-corrected chi connectivity index (χ4v) is 1.71. The Morgan fingerprint density at radius 3 is 2.31 bits per heavy atom. The summed E-state index contributed by atoms with van der Waals surface area (Å²) in [4.78, 5) is 0. The van der Waals surface area contributed by atoms with Crippen LogP contribution < -0.4 is 0 Å². The van der Waals surface area contributed by atoms with Crippen molar-refractivity contribution in [2.75, 3.05) is 0 Å². The number of halogens is 1. The van der Waals surface area contributed by atoms with E-state index in [9.17, 15) is 0 Å². The normalized spacial score (nSPS) is 11.8. The third-order valence-corrected chi connectivity index (χ3v) is 2.41. The highest BCUT2D eigenvalue weighted by molar-refractivity contribution is 6.31. The molecule has 0 fully saturated rings. The molecule has 72 valence electrons. The molecule has 0 bridgehead atoms. The van der Waals surface area contributed by atoms with Gasteiger partial charge in [0.05, 0.1) is 0 Å². The van der Waals surface area contributed by atoms with Gasteiger partial charge in [-0.15, -0.1) is 0 Å². The van der Waals surface area contributed by atoms with Gasteiger partial charge in [0.25, 0.3) is 0 Å². The van der Waals surface area contributed by atoms with Crippen molar-refractivity contribution in [2.24, 2.45) is 5.41 Å². The van der Waals surface area contributed by atoms with Gasteiger partial charge < -0.3 is 0 Å². The third kappa shape index (κ3) is 3.04. The predicted molar refractivity (Wildman–Crippen MR) is 59.3 cm³/mol. The van der Waals surface area contributed by atoms with Gasteiger partial charge in [-0.1, -0.05) is 44.5 Å². The fourth-order valence-electron chi connectivity index (χ4n) is 1.42. The molecule has 0 radical (unpaired) electrons. The zero-order valence-electron chi connectivity index (χ0n) is 8.82. The second-order valence-electron chi connectivity index (χ2n) is 4.77. The molecule has 1 aromatic rings. The van der Waals surface area contributed by atoms with E-state index in [1.165, 1.54) is 11.1 Å². The maximum atomic E-state index is 6.14. The number of hydrogen-bond donors (Lipinski definition) is 0. The van der Waals surface area contributed by atoms with E-state index in [2.05, 4.69) is 33.8 Å². The average molecular weight is 197 g/mol. The van der Waals surface area contributed by atoms with Gasteiger partial charge in [-0.3, -0.25) is 0 Å². The van der Waals surface area contributed by atoms with Crippen LogP contribution in [-0.4, -0.2) is 0 Å². The lowest BCUT2D eigenvalue weighted by molar-refractivity contribution is 0.410. The summed E-state index contributed by atoms with van der Waals surface area (Å²) in [5.74, 6) is 0. The maximum Gasteiger partial charge on any atom is 0.0440 e. The lowest BCUT2D eigenvalue weighted by Gasteiger charge is -2.20. The second kappa shape index (κ2) is 3.71. The van der Waals surface area contributed by atoms with Crippen LogP contribution >= 0.6 is 11.6 Å². The molecule has 0 nitrogen and oxygen atoms in total. The summed E-state index contributed by atoms with van der Waals surface area (Å²) in [5.41, 5.74) is 2.88. The quantitative estimate of drug-likeness (QED) is 0.631. The van der Waals surface area contributed by atoms with Crippen LogP contribution in [0, 0.1) is 12.3 Å². The molecule has 0 aromatic heterocycles. The molecule has 1 heteroatoms. The van der Waals surface area contributed by atoms with Crippen molar-refractivity contribution in [3.05, 3.63) is 34.3 Å². The van der Waals surface area contributed by atoms with Crippen molar-refractivity contribution in [2.45, 2.75) is 34.1 Å². The summed E-state index contributed by atoms with van der Waals surface area (Å²) in [6, 6.07) is 6.09. The van der Waals surface area contributed by atoms with Crippen LogP contribution in [-0.2, 0) is 6.42 Å². The number of hydrogen-bond acceptors (Lipinski definition) is 0. The van der Waals surface area contributed by atoms with Crippen LogP contribution in [0.5, 0.6) is 0 Å². The average Bonchev–Trinajstić information content (AvgIpc) is 1.95. The molecular formula is C12H17Cl. The molecule has 1 rings (SSSR count). The van der Waals surface area contributed by atoms with Gasteiger partial charge in [0.15, 0.2) is 0 Å². The van der Waals surface area contributed by atoms with E-state index in [0.717, 1.165) is 11.4 Å². The van der Waals surface area contributed by atoms with Crippen molar-refractivity contribution >= 4 is 11.6 Å². The fraction of sp³-hybridized carbons (Fsp3) is 0.500. The van der Waals surface area contributed by atoms with Crippen molar-refractivity contribution in [3.8, 4) is 0 Å².